The van der Waals surface area contributed by atoms with Crippen molar-refractivity contribution in [3.63, 3.8) is 0 Å². The van der Waals surface area contributed by atoms with E-state index < -0.39 is 56.2 Å². The molecule has 0 spiro atoms. The third-order valence-corrected chi connectivity index (χ3v) is 8.69. The first-order valence-corrected chi connectivity index (χ1v) is 15.4. The van der Waals surface area contributed by atoms with Gasteiger partial charge in [-0.3, -0.25) is 34.1 Å². The van der Waals surface area contributed by atoms with Gasteiger partial charge in [0, 0.05) is 23.5 Å². The minimum atomic E-state index is -4.44. The van der Waals surface area contributed by atoms with Gasteiger partial charge in [-0.15, -0.1) is 0 Å². The maximum absolute atomic E-state index is 13.9. The van der Waals surface area contributed by atoms with E-state index in [9.17, 15) is 38.2 Å². The zero-order valence-corrected chi connectivity index (χ0v) is 26.4. The molecule has 0 aliphatic carbocycles. The molecular formula is C29H23Cl2N5O10S. The van der Waals surface area contributed by atoms with Crippen LogP contribution in [0.15, 0.2) is 89.8 Å². The van der Waals surface area contributed by atoms with Gasteiger partial charge in [0.2, 0.25) is 5.91 Å². The van der Waals surface area contributed by atoms with Crippen molar-refractivity contribution in [2.24, 2.45) is 0 Å². The summed E-state index contributed by atoms with van der Waals surface area (Å²) in [4.78, 5) is 46.1. The first-order chi connectivity index (χ1) is 22.3. The predicted molar refractivity (Wildman–Crippen MR) is 173 cm³/mol. The van der Waals surface area contributed by atoms with Gasteiger partial charge >= 0.3 is 0 Å². The third kappa shape index (κ3) is 8.43. The molecule has 2 N–H and O–H groups in total. The van der Waals surface area contributed by atoms with E-state index in [-0.39, 0.29) is 43.5 Å². The summed E-state index contributed by atoms with van der Waals surface area (Å²) in [6.07, 6.45) is 0. The Kier molecular flexibility index (Phi) is 10.8. The van der Waals surface area contributed by atoms with E-state index in [4.69, 9.17) is 32.7 Å². The summed E-state index contributed by atoms with van der Waals surface area (Å²) in [5, 5.41) is 27.0. The van der Waals surface area contributed by atoms with Crippen molar-refractivity contribution in [1.82, 2.24) is 0 Å². The van der Waals surface area contributed by atoms with Crippen molar-refractivity contribution >= 4 is 73.5 Å². The van der Waals surface area contributed by atoms with Crippen LogP contribution in [0, 0.1) is 20.2 Å². The molecule has 0 aliphatic heterocycles. The second-order valence-electron chi connectivity index (χ2n) is 9.39. The molecule has 4 rings (SSSR count). The molecule has 0 radical (unpaired) electrons. The van der Waals surface area contributed by atoms with Crippen LogP contribution >= 0.6 is 23.2 Å². The molecule has 18 heteroatoms. The van der Waals surface area contributed by atoms with Crippen LogP contribution < -0.4 is 24.4 Å². The molecule has 0 unspecified atom stereocenters. The van der Waals surface area contributed by atoms with Crippen molar-refractivity contribution in [2.45, 2.75) is 4.90 Å². The first-order valence-electron chi connectivity index (χ1n) is 13.2. The number of benzene rings is 4. The Morgan fingerprint density at radius 1 is 0.809 bits per heavy atom. The number of para-hydroxylation sites is 2. The van der Waals surface area contributed by atoms with Crippen LogP contribution in [0.2, 0.25) is 10.0 Å². The Hall–Kier alpha value is -5.45. The van der Waals surface area contributed by atoms with Crippen LogP contribution in [0.1, 0.15) is 0 Å². The van der Waals surface area contributed by atoms with Gasteiger partial charge in [0.1, 0.15) is 28.1 Å². The molecule has 0 aromatic heterocycles. The predicted octanol–water partition coefficient (Wildman–Crippen LogP) is 5.67. The summed E-state index contributed by atoms with van der Waals surface area (Å²) in [6.45, 7) is -1.26. The fourth-order valence-electron chi connectivity index (χ4n) is 4.11. The number of nitrogens with zero attached hydrogens (tertiary/aromatic N) is 3. The maximum Gasteiger partial charge on any atom is 0.289 e. The van der Waals surface area contributed by atoms with Crippen LogP contribution in [-0.4, -0.2) is 50.3 Å². The highest BCUT2D eigenvalue weighted by molar-refractivity contribution is 7.92. The Bertz CT molecular complexity index is 1960. The number of carbonyl (C=O) groups excluding carboxylic acids is 2. The highest BCUT2D eigenvalue weighted by Crippen LogP contribution is 2.33. The lowest BCUT2D eigenvalue weighted by molar-refractivity contribution is -0.384. The second kappa shape index (κ2) is 14.8. The Morgan fingerprint density at radius 2 is 1.34 bits per heavy atom. The fraction of sp³-hybridized carbons (Fsp3) is 0.103. The quantitative estimate of drug-likeness (QED) is 0.129. The zero-order valence-electron chi connectivity index (χ0n) is 24.1. The van der Waals surface area contributed by atoms with E-state index in [0.29, 0.717) is 0 Å². The molecule has 0 aliphatic rings. The van der Waals surface area contributed by atoms with Crippen molar-refractivity contribution in [3.8, 4) is 11.5 Å². The SMILES string of the molecule is COc1ccccc1N(CC(=O)Nc1ccc(Cl)c([N+](=O)[O-])c1)S(=O)(=O)c1ccc(OCC(=O)Nc2ccc(Cl)c([N+](=O)[O-])c2)cc1. The van der Waals surface area contributed by atoms with Gasteiger partial charge in [0.05, 0.1) is 27.5 Å². The monoisotopic (exact) mass is 703 g/mol. The number of nitrogens with one attached hydrogen (secondary N) is 2. The molecule has 4 aromatic rings. The van der Waals surface area contributed by atoms with Gasteiger partial charge < -0.3 is 20.1 Å². The van der Waals surface area contributed by atoms with E-state index in [1.807, 2.05) is 0 Å². The van der Waals surface area contributed by atoms with Crippen LogP contribution in [-0.2, 0) is 19.6 Å². The maximum atomic E-state index is 13.9. The van der Waals surface area contributed by atoms with Crippen LogP contribution in [0.5, 0.6) is 11.5 Å². The lowest BCUT2D eigenvalue weighted by atomic mass is 10.2. The molecule has 47 heavy (non-hydrogen) atoms. The van der Waals surface area contributed by atoms with E-state index in [1.54, 1.807) is 12.1 Å². The molecule has 0 fully saturated rings. The van der Waals surface area contributed by atoms with Crippen molar-refractivity contribution < 1.29 is 37.3 Å². The van der Waals surface area contributed by atoms with E-state index >= 15 is 0 Å². The number of ether oxygens (including phenoxy) is 2. The molecule has 244 valence electrons. The Balaban J connectivity index is 1.51. The molecule has 0 atom stereocenters. The highest BCUT2D eigenvalue weighted by atomic mass is 35.5. The smallest absolute Gasteiger partial charge is 0.289 e. The minimum Gasteiger partial charge on any atom is -0.495 e. The van der Waals surface area contributed by atoms with Crippen molar-refractivity contribution in [2.75, 3.05) is 35.2 Å². The van der Waals surface area contributed by atoms with Gasteiger partial charge in [0.15, 0.2) is 6.61 Å². The summed E-state index contributed by atoms with van der Waals surface area (Å²) in [5.41, 5.74) is -0.677. The number of carbonyl (C=O) groups is 2. The van der Waals surface area contributed by atoms with E-state index in [1.165, 1.54) is 67.8 Å². The van der Waals surface area contributed by atoms with E-state index in [2.05, 4.69) is 10.6 Å². The normalized spacial score (nSPS) is 10.9. The number of nitro groups is 2. The molecule has 2 amide bonds. The van der Waals surface area contributed by atoms with Crippen LogP contribution in [0.25, 0.3) is 0 Å². The number of hydrogen-bond acceptors (Lipinski definition) is 10. The lowest BCUT2D eigenvalue weighted by Crippen LogP contribution is -2.38. The van der Waals surface area contributed by atoms with Crippen molar-refractivity contribution in [1.29, 1.82) is 0 Å². The summed E-state index contributed by atoms with van der Waals surface area (Å²) < 4.78 is 39.3. The summed E-state index contributed by atoms with van der Waals surface area (Å²) in [6, 6.07) is 18.4. The number of hydrogen-bond donors (Lipinski definition) is 2. The topological polar surface area (TPSA) is 200 Å². The number of amides is 2. The molecule has 0 bridgehead atoms. The minimum absolute atomic E-state index is 0.0169. The molecule has 0 heterocycles. The highest BCUT2D eigenvalue weighted by Gasteiger charge is 2.30. The number of rotatable bonds is 13. The van der Waals surface area contributed by atoms with Gasteiger partial charge in [-0.25, -0.2) is 8.42 Å². The standard InChI is InChI=1S/C29H23Cl2N5O10S/c1-45-27-5-3-2-4-24(27)34(16-28(37)32-18-6-12-22(30)25(14-18)35(39)40)47(43,44)21-10-8-20(9-11-21)46-17-29(38)33-19-7-13-23(31)26(15-19)36(41)42/h2-15H,16-17H2,1H3,(H,32,37)(H,33,38). The molecule has 0 saturated carbocycles. The summed E-state index contributed by atoms with van der Waals surface area (Å²) in [5.74, 6) is -1.22. The second-order valence-corrected chi connectivity index (χ2v) is 12.1. The fourth-order valence-corrected chi connectivity index (χ4v) is 5.91. The Morgan fingerprint density at radius 3 is 1.87 bits per heavy atom. The first kappa shape index (κ1) is 34.4. The van der Waals surface area contributed by atoms with Crippen LogP contribution in [0.3, 0.4) is 0 Å². The summed E-state index contributed by atoms with van der Waals surface area (Å²) in [7, 11) is -3.12. The lowest BCUT2D eigenvalue weighted by Gasteiger charge is -2.25. The number of halogens is 2. The van der Waals surface area contributed by atoms with Gasteiger partial charge in [0.25, 0.3) is 27.3 Å². The van der Waals surface area contributed by atoms with Gasteiger partial charge in [-0.1, -0.05) is 35.3 Å². The van der Waals surface area contributed by atoms with Gasteiger partial charge in [-0.05, 0) is 60.7 Å². The number of methoxy groups -OCH3 is 1. The largest absolute Gasteiger partial charge is 0.495 e. The average molecular weight is 705 g/mol. The number of nitro benzene ring substituents is 2. The molecular weight excluding hydrogens is 681 g/mol. The number of sulfonamides is 1. The molecule has 0 saturated heterocycles. The molecule has 4 aromatic carbocycles. The third-order valence-electron chi connectivity index (χ3n) is 6.28. The molecule has 15 nitrogen and oxygen atoms in total. The average Bonchev–Trinajstić information content (AvgIpc) is 3.04. The van der Waals surface area contributed by atoms with E-state index in [0.717, 1.165) is 16.4 Å². The van der Waals surface area contributed by atoms with Crippen LogP contribution in [0.4, 0.5) is 28.4 Å². The van der Waals surface area contributed by atoms with Crippen molar-refractivity contribution in [3.05, 3.63) is 115 Å². The Labute approximate surface area is 277 Å². The summed E-state index contributed by atoms with van der Waals surface area (Å²) >= 11 is 11.6. The number of anilines is 3. The zero-order chi connectivity index (χ0) is 34.3. The van der Waals surface area contributed by atoms with Gasteiger partial charge in [-0.2, -0.15) is 0 Å².